The van der Waals surface area contributed by atoms with E-state index in [0.29, 0.717) is 23.6 Å². The Hall–Kier alpha value is -2.86. The van der Waals surface area contributed by atoms with Crippen molar-refractivity contribution >= 4 is 17.5 Å². The lowest BCUT2D eigenvalue weighted by Crippen LogP contribution is -2.34. The van der Waals surface area contributed by atoms with Crippen LogP contribution in [0.5, 0.6) is 5.75 Å². The number of ether oxygens (including phenoxy) is 2. The number of nitrogens with one attached hydrogen (secondary N) is 1. The minimum Gasteiger partial charge on any atom is -0.497 e. The number of benzene rings is 2. The molecule has 0 aliphatic carbocycles. The number of amides is 2. The van der Waals surface area contributed by atoms with Crippen molar-refractivity contribution in [3.8, 4) is 5.75 Å². The van der Waals surface area contributed by atoms with Crippen LogP contribution in [0, 0.1) is 0 Å². The fourth-order valence-electron chi connectivity index (χ4n) is 2.42. The highest BCUT2D eigenvalue weighted by atomic mass is 16.5. The van der Waals surface area contributed by atoms with Crippen LogP contribution in [-0.2, 0) is 16.1 Å². The number of hydrogen-bond acceptors (Lipinski definition) is 4. The fourth-order valence-corrected chi connectivity index (χ4v) is 2.42. The molecule has 2 aromatic rings. The first kappa shape index (κ1) is 20.5. The number of carbonyl (C=O) groups excluding carboxylic acids is 2. The Morgan fingerprint density at radius 1 is 1.11 bits per heavy atom. The van der Waals surface area contributed by atoms with E-state index in [1.807, 2.05) is 26.0 Å². The van der Waals surface area contributed by atoms with E-state index < -0.39 is 0 Å². The lowest BCUT2D eigenvalue weighted by Gasteiger charge is -2.17. The first-order valence-corrected chi connectivity index (χ1v) is 8.79. The zero-order valence-corrected chi connectivity index (χ0v) is 16.2. The number of carbonyl (C=O) groups is 2. The van der Waals surface area contributed by atoms with Gasteiger partial charge in [0.25, 0.3) is 5.91 Å². The third-order valence-corrected chi connectivity index (χ3v) is 3.87. The first-order chi connectivity index (χ1) is 12.9. The molecule has 0 atom stereocenters. The highest BCUT2D eigenvalue weighted by Crippen LogP contribution is 2.16. The molecule has 0 bridgehead atoms. The molecule has 2 aromatic carbocycles. The molecule has 0 heterocycles. The van der Waals surface area contributed by atoms with E-state index >= 15 is 0 Å². The Labute approximate surface area is 160 Å². The molecule has 0 spiro atoms. The molecule has 0 aliphatic rings. The van der Waals surface area contributed by atoms with E-state index in [1.165, 1.54) is 4.90 Å². The Bertz CT molecular complexity index is 772. The predicted octanol–water partition coefficient (Wildman–Crippen LogP) is 3.33. The van der Waals surface area contributed by atoms with Crippen molar-refractivity contribution in [1.29, 1.82) is 0 Å². The van der Waals surface area contributed by atoms with Gasteiger partial charge in [0.2, 0.25) is 5.91 Å². The van der Waals surface area contributed by atoms with E-state index in [0.717, 1.165) is 5.56 Å². The molecular weight excluding hydrogens is 344 g/mol. The molecule has 6 heteroatoms. The monoisotopic (exact) mass is 370 g/mol. The number of anilines is 1. The average molecular weight is 370 g/mol. The molecule has 0 saturated carbocycles. The molecule has 144 valence electrons. The molecule has 1 N–H and O–H groups in total. The molecule has 6 nitrogen and oxygen atoms in total. The number of methoxy groups -OCH3 is 1. The number of hydrogen-bond donors (Lipinski definition) is 1. The van der Waals surface area contributed by atoms with Gasteiger partial charge in [0.05, 0.1) is 26.4 Å². The summed E-state index contributed by atoms with van der Waals surface area (Å²) < 4.78 is 10.7. The van der Waals surface area contributed by atoms with Gasteiger partial charge in [0, 0.05) is 24.4 Å². The minimum atomic E-state index is -0.277. The van der Waals surface area contributed by atoms with E-state index in [-0.39, 0.29) is 24.5 Å². The fraction of sp³-hybridized carbons (Fsp3) is 0.333. The summed E-state index contributed by atoms with van der Waals surface area (Å²) in [6, 6.07) is 14.3. The van der Waals surface area contributed by atoms with Crippen molar-refractivity contribution in [1.82, 2.24) is 4.90 Å². The third-order valence-electron chi connectivity index (χ3n) is 3.87. The summed E-state index contributed by atoms with van der Waals surface area (Å²) in [5.74, 6) is 0.159. The molecule has 0 saturated heterocycles. The standard InChI is InChI=1S/C21H26N2O4/c1-15(2)27-14-16-8-10-17(11-9-16)21(25)23(3)13-20(24)22-18-6-5-7-19(12-18)26-4/h5-12,15H,13-14H2,1-4H3,(H,22,24). The van der Waals surface area contributed by atoms with Crippen LogP contribution in [0.1, 0.15) is 29.8 Å². The summed E-state index contributed by atoms with van der Waals surface area (Å²) in [7, 11) is 3.16. The van der Waals surface area contributed by atoms with Gasteiger partial charge in [-0.2, -0.15) is 0 Å². The van der Waals surface area contributed by atoms with Gasteiger partial charge in [0.15, 0.2) is 0 Å². The van der Waals surface area contributed by atoms with Gasteiger partial charge in [-0.1, -0.05) is 18.2 Å². The van der Waals surface area contributed by atoms with Crippen molar-refractivity contribution in [2.24, 2.45) is 0 Å². The molecule has 2 rings (SSSR count). The molecule has 2 amide bonds. The van der Waals surface area contributed by atoms with Gasteiger partial charge in [-0.3, -0.25) is 9.59 Å². The summed E-state index contributed by atoms with van der Waals surface area (Å²) in [5.41, 5.74) is 2.15. The molecule has 0 radical (unpaired) electrons. The van der Waals surface area contributed by atoms with Crippen LogP contribution in [-0.4, -0.2) is 43.5 Å². The highest BCUT2D eigenvalue weighted by Gasteiger charge is 2.15. The second-order valence-corrected chi connectivity index (χ2v) is 6.50. The molecule has 0 aromatic heterocycles. The summed E-state index contributed by atoms with van der Waals surface area (Å²) in [4.78, 5) is 26.1. The van der Waals surface area contributed by atoms with Gasteiger partial charge in [-0.25, -0.2) is 0 Å². The van der Waals surface area contributed by atoms with Crippen molar-refractivity contribution in [3.05, 3.63) is 59.7 Å². The smallest absolute Gasteiger partial charge is 0.254 e. The predicted molar refractivity (Wildman–Crippen MR) is 105 cm³/mol. The largest absolute Gasteiger partial charge is 0.497 e. The van der Waals surface area contributed by atoms with Crippen LogP contribution in [0.2, 0.25) is 0 Å². The normalized spacial score (nSPS) is 10.6. The van der Waals surface area contributed by atoms with E-state index in [1.54, 1.807) is 50.6 Å². The van der Waals surface area contributed by atoms with Gasteiger partial charge >= 0.3 is 0 Å². The second-order valence-electron chi connectivity index (χ2n) is 6.50. The SMILES string of the molecule is COc1cccc(NC(=O)CN(C)C(=O)c2ccc(COC(C)C)cc2)c1. The first-order valence-electron chi connectivity index (χ1n) is 8.79. The molecule has 27 heavy (non-hydrogen) atoms. The highest BCUT2D eigenvalue weighted by molar-refractivity contribution is 5.99. The summed E-state index contributed by atoms with van der Waals surface area (Å²) >= 11 is 0. The maximum absolute atomic E-state index is 12.5. The third kappa shape index (κ3) is 6.42. The zero-order chi connectivity index (χ0) is 19.8. The molecular formula is C21H26N2O4. The zero-order valence-electron chi connectivity index (χ0n) is 16.2. The molecule has 0 unspecified atom stereocenters. The lowest BCUT2D eigenvalue weighted by atomic mass is 10.1. The molecule has 0 aliphatic heterocycles. The Morgan fingerprint density at radius 3 is 2.44 bits per heavy atom. The van der Waals surface area contributed by atoms with Crippen molar-refractivity contribution in [3.63, 3.8) is 0 Å². The summed E-state index contributed by atoms with van der Waals surface area (Å²) in [6.45, 7) is 4.41. The Morgan fingerprint density at radius 2 is 1.81 bits per heavy atom. The van der Waals surface area contributed by atoms with Crippen molar-refractivity contribution in [2.45, 2.75) is 26.6 Å². The van der Waals surface area contributed by atoms with Crippen LogP contribution in [0.25, 0.3) is 0 Å². The van der Waals surface area contributed by atoms with Gasteiger partial charge in [0.1, 0.15) is 5.75 Å². The van der Waals surface area contributed by atoms with Crippen molar-refractivity contribution < 1.29 is 19.1 Å². The van der Waals surface area contributed by atoms with Crippen LogP contribution in [0.4, 0.5) is 5.69 Å². The van der Waals surface area contributed by atoms with E-state index in [2.05, 4.69) is 5.32 Å². The van der Waals surface area contributed by atoms with Crippen LogP contribution >= 0.6 is 0 Å². The Balaban J connectivity index is 1.91. The van der Waals surface area contributed by atoms with Gasteiger partial charge in [-0.15, -0.1) is 0 Å². The molecule has 0 fully saturated rings. The maximum atomic E-state index is 12.5. The topological polar surface area (TPSA) is 67.9 Å². The van der Waals surface area contributed by atoms with E-state index in [9.17, 15) is 9.59 Å². The lowest BCUT2D eigenvalue weighted by molar-refractivity contribution is -0.116. The van der Waals surface area contributed by atoms with Crippen LogP contribution < -0.4 is 10.1 Å². The summed E-state index contributed by atoms with van der Waals surface area (Å²) in [6.07, 6.45) is 0.153. The average Bonchev–Trinajstić information content (AvgIpc) is 2.66. The summed E-state index contributed by atoms with van der Waals surface area (Å²) in [5, 5.41) is 2.76. The minimum absolute atomic E-state index is 0.0474. The second kappa shape index (κ2) is 9.73. The van der Waals surface area contributed by atoms with Crippen LogP contribution in [0.3, 0.4) is 0 Å². The number of likely N-dealkylation sites (N-methyl/N-ethyl adjacent to an activating group) is 1. The van der Waals surface area contributed by atoms with Gasteiger partial charge in [-0.05, 0) is 43.7 Å². The Kier molecular flexibility index (Phi) is 7.37. The van der Waals surface area contributed by atoms with E-state index in [4.69, 9.17) is 9.47 Å². The number of rotatable bonds is 8. The number of nitrogens with zero attached hydrogens (tertiary/aromatic N) is 1. The van der Waals surface area contributed by atoms with Crippen molar-refractivity contribution in [2.75, 3.05) is 26.0 Å². The quantitative estimate of drug-likeness (QED) is 0.774. The van der Waals surface area contributed by atoms with Gasteiger partial charge < -0.3 is 19.7 Å². The maximum Gasteiger partial charge on any atom is 0.254 e. The van der Waals surface area contributed by atoms with Crippen LogP contribution in [0.15, 0.2) is 48.5 Å².